The van der Waals surface area contributed by atoms with Crippen molar-refractivity contribution in [2.45, 2.75) is 18.6 Å². The van der Waals surface area contributed by atoms with E-state index in [0.29, 0.717) is 26.6 Å². The number of carbonyl (C=O) groups excluding carboxylic acids is 1. The Morgan fingerprint density at radius 1 is 1.36 bits per heavy atom. The van der Waals surface area contributed by atoms with Gasteiger partial charge in [0.15, 0.2) is 5.16 Å². The topological polar surface area (TPSA) is 64.0 Å². The van der Waals surface area contributed by atoms with E-state index in [1.165, 1.54) is 28.5 Å². The molecule has 0 spiro atoms. The van der Waals surface area contributed by atoms with Crippen molar-refractivity contribution in [3.8, 4) is 0 Å². The Bertz CT molecular complexity index is 777. The molecule has 0 bridgehead atoms. The number of halogens is 2. The Hall–Kier alpha value is -1.50. The minimum absolute atomic E-state index is 0.138. The maximum atomic E-state index is 12.1. The molecule has 0 saturated carbocycles. The highest BCUT2D eigenvalue weighted by molar-refractivity contribution is 7.98. The average Bonchev–Trinajstić information content (AvgIpc) is 2.44. The van der Waals surface area contributed by atoms with Crippen LogP contribution in [-0.2, 0) is 11.3 Å². The third-order valence-electron chi connectivity index (χ3n) is 2.79. The largest absolute Gasteiger partial charge is 0.323 e. The van der Waals surface area contributed by atoms with Crippen molar-refractivity contribution >= 4 is 46.6 Å². The molecule has 5 nitrogen and oxygen atoms in total. The predicted octanol–water partition coefficient (Wildman–Crippen LogP) is 3.22. The molecular formula is C14H13Cl2N3O2S. The lowest BCUT2D eigenvalue weighted by Gasteiger charge is -2.12. The molecule has 0 aliphatic rings. The summed E-state index contributed by atoms with van der Waals surface area (Å²) in [6, 6.07) is 6.15. The third-order valence-corrected chi connectivity index (χ3v) is 4.02. The van der Waals surface area contributed by atoms with Gasteiger partial charge in [0.25, 0.3) is 5.56 Å². The number of thioether (sulfide) groups is 1. The number of nitrogens with zero attached hydrogens (tertiary/aromatic N) is 2. The van der Waals surface area contributed by atoms with Crippen molar-refractivity contribution in [3.05, 3.63) is 50.4 Å². The molecule has 1 N–H and O–H groups in total. The maximum Gasteiger partial charge on any atom is 0.254 e. The quantitative estimate of drug-likeness (QED) is 0.673. The second-order valence-corrected chi connectivity index (χ2v) is 6.10. The van der Waals surface area contributed by atoms with Gasteiger partial charge in [-0.15, -0.1) is 0 Å². The number of aromatic nitrogens is 2. The second-order valence-electron chi connectivity index (χ2n) is 4.48. The summed E-state index contributed by atoms with van der Waals surface area (Å²) in [5, 5.41) is 3.95. The number of anilines is 1. The summed E-state index contributed by atoms with van der Waals surface area (Å²) in [6.45, 7) is 1.60. The Morgan fingerprint density at radius 3 is 2.73 bits per heavy atom. The van der Waals surface area contributed by atoms with E-state index in [-0.39, 0.29) is 18.0 Å². The maximum absolute atomic E-state index is 12.1. The molecule has 116 valence electrons. The fourth-order valence-electron chi connectivity index (χ4n) is 1.82. The fraction of sp³-hybridized carbons (Fsp3) is 0.214. The minimum Gasteiger partial charge on any atom is -0.323 e. The lowest BCUT2D eigenvalue weighted by molar-refractivity contribution is -0.116. The SMILES string of the molecule is CSc1nc(C)cc(=O)n1CC(=O)Nc1ccc(Cl)cc1Cl. The van der Waals surface area contributed by atoms with Crippen molar-refractivity contribution in [1.29, 1.82) is 0 Å². The van der Waals surface area contributed by atoms with Gasteiger partial charge in [0, 0.05) is 16.8 Å². The predicted molar refractivity (Wildman–Crippen MR) is 90.1 cm³/mol. The van der Waals surface area contributed by atoms with E-state index in [2.05, 4.69) is 10.3 Å². The molecule has 1 heterocycles. The van der Waals surface area contributed by atoms with Gasteiger partial charge in [-0.3, -0.25) is 14.2 Å². The van der Waals surface area contributed by atoms with Crippen molar-refractivity contribution in [2.75, 3.05) is 11.6 Å². The van der Waals surface area contributed by atoms with E-state index >= 15 is 0 Å². The number of aryl methyl sites for hydroxylation is 1. The third kappa shape index (κ3) is 4.03. The molecule has 0 saturated heterocycles. The molecule has 1 amide bonds. The molecule has 0 unspecified atom stereocenters. The van der Waals surface area contributed by atoms with E-state index in [4.69, 9.17) is 23.2 Å². The molecule has 0 atom stereocenters. The van der Waals surface area contributed by atoms with Crippen LogP contribution in [0.4, 0.5) is 5.69 Å². The summed E-state index contributed by atoms with van der Waals surface area (Å²) in [7, 11) is 0. The molecule has 22 heavy (non-hydrogen) atoms. The molecule has 1 aromatic heterocycles. The Kier molecular flexibility index (Phi) is 5.50. The van der Waals surface area contributed by atoms with E-state index < -0.39 is 0 Å². The van der Waals surface area contributed by atoms with Crippen LogP contribution in [0.25, 0.3) is 0 Å². The van der Waals surface area contributed by atoms with Gasteiger partial charge in [-0.25, -0.2) is 4.98 Å². The van der Waals surface area contributed by atoms with E-state index in [1.54, 1.807) is 25.3 Å². The van der Waals surface area contributed by atoms with Crippen molar-refractivity contribution in [3.63, 3.8) is 0 Å². The fourth-order valence-corrected chi connectivity index (χ4v) is 2.89. The molecule has 0 aliphatic carbocycles. The summed E-state index contributed by atoms with van der Waals surface area (Å²) in [6.07, 6.45) is 1.80. The monoisotopic (exact) mass is 357 g/mol. The Labute approximate surface area is 141 Å². The summed E-state index contributed by atoms with van der Waals surface area (Å²) in [4.78, 5) is 28.4. The molecule has 0 radical (unpaired) electrons. The summed E-state index contributed by atoms with van der Waals surface area (Å²) in [5.41, 5.74) is 0.788. The van der Waals surface area contributed by atoms with Gasteiger partial charge < -0.3 is 5.32 Å². The van der Waals surface area contributed by atoms with Crippen LogP contribution in [0, 0.1) is 6.92 Å². The zero-order valence-electron chi connectivity index (χ0n) is 11.9. The van der Waals surface area contributed by atoms with Gasteiger partial charge in [0.1, 0.15) is 6.54 Å². The Balaban J connectivity index is 2.21. The van der Waals surface area contributed by atoms with Gasteiger partial charge >= 0.3 is 0 Å². The summed E-state index contributed by atoms with van der Waals surface area (Å²) in [5.74, 6) is -0.368. The van der Waals surface area contributed by atoms with Crippen molar-refractivity contribution in [2.24, 2.45) is 0 Å². The minimum atomic E-state index is -0.368. The first-order valence-corrected chi connectivity index (χ1v) is 8.26. The van der Waals surface area contributed by atoms with Gasteiger partial charge in [-0.05, 0) is 31.4 Å². The van der Waals surface area contributed by atoms with E-state index in [9.17, 15) is 9.59 Å². The van der Waals surface area contributed by atoms with Crippen LogP contribution in [-0.4, -0.2) is 21.7 Å². The molecular weight excluding hydrogens is 345 g/mol. The first kappa shape index (κ1) is 16.9. The highest BCUT2D eigenvalue weighted by Gasteiger charge is 2.12. The molecule has 0 fully saturated rings. The molecule has 2 rings (SSSR count). The van der Waals surface area contributed by atoms with Crippen LogP contribution >= 0.6 is 35.0 Å². The molecule has 2 aromatic rings. The average molecular weight is 358 g/mol. The van der Waals surface area contributed by atoms with Crippen molar-refractivity contribution < 1.29 is 4.79 Å². The normalized spacial score (nSPS) is 10.5. The second kappa shape index (κ2) is 7.17. The van der Waals surface area contributed by atoms with Crippen LogP contribution in [0.2, 0.25) is 10.0 Å². The number of nitrogens with one attached hydrogen (secondary N) is 1. The first-order chi connectivity index (χ1) is 10.4. The highest BCUT2D eigenvalue weighted by Crippen LogP contribution is 2.25. The summed E-state index contributed by atoms with van der Waals surface area (Å²) >= 11 is 13.1. The van der Waals surface area contributed by atoms with Crippen LogP contribution in [0.5, 0.6) is 0 Å². The van der Waals surface area contributed by atoms with E-state index in [1.807, 2.05) is 0 Å². The standard InChI is InChI=1S/C14H13Cl2N3O2S/c1-8-5-13(21)19(14(17-8)22-2)7-12(20)18-11-4-3-9(15)6-10(11)16/h3-6H,7H2,1-2H3,(H,18,20). The van der Waals surface area contributed by atoms with Crippen LogP contribution < -0.4 is 10.9 Å². The number of amides is 1. The van der Waals surface area contributed by atoms with Crippen LogP contribution in [0.1, 0.15) is 5.69 Å². The number of benzene rings is 1. The number of rotatable bonds is 4. The molecule has 0 aliphatic heterocycles. The van der Waals surface area contributed by atoms with Gasteiger partial charge in [-0.1, -0.05) is 35.0 Å². The van der Waals surface area contributed by atoms with Crippen LogP contribution in [0.3, 0.4) is 0 Å². The Morgan fingerprint density at radius 2 is 2.09 bits per heavy atom. The van der Waals surface area contributed by atoms with Crippen LogP contribution in [0.15, 0.2) is 34.2 Å². The number of carbonyl (C=O) groups is 1. The lowest BCUT2D eigenvalue weighted by atomic mass is 10.3. The number of hydrogen-bond donors (Lipinski definition) is 1. The zero-order chi connectivity index (χ0) is 16.3. The van der Waals surface area contributed by atoms with Gasteiger partial charge in [-0.2, -0.15) is 0 Å². The van der Waals surface area contributed by atoms with Gasteiger partial charge in [0.2, 0.25) is 5.91 Å². The van der Waals surface area contributed by atoms with Crippen molar-refractivity contribution in [1.82, 2.24) is 9.55 Å². The smallest absolute Gasteiger partial charge is 0.254 e. The molecule has 1 aromatic carbocycles. The highest BCUT2D eigenvalue weighted by atomic mass is 35.5. The first-order valence-electron chi connectivity index (χ1n) is 6.28. The molecule has 8 heteroatoms. The zero-order valence-corrected chi connectivity index (χ0v) is 14.2. The number of hydrogen-bond acceptors (Lipinski definition) is 4. The summed E-state index contributed by atoms with van der Waals surface area (Å²) < 4.78 is 1.32. The van der Waals surface area contributed by atoms with E-state index in [0.717, 1.165) is 0 Å². The lowest BCUT2D eigenvalue weighted by Crippen LogP contribution is -2.29. The van der Waals surface area contributed by atoms with Gasteiger partial charge in [0.05, 0.1) is 10.7 Å².